The summed E-state index contributed by atoms with van der Waals surface area (Å²) in [5, 5.41) is 18.4. The minimum absolute atomic E-state index is 0.202. The van der Waals surface area contributed by atoms with E-state index in [9.17, 15) is 14.7 Å². The minimum atomic E-state index is -1.08. The highest BCUT2D eigenvalue weighted by atomic mass is 16.4. The summed E-state index contributed by atoms with van der Waals surface area (Å²) in [6.07, 6.45) is 6.51. The Hall–Kier alpha value is -1.58. The van der Waals surface area contributed by atoms with E-state index in [2.05, 4.69) is 0 Å². The van der Waals surface area contributed by atoms with Gasteiger partial charge in [-0.05, 0) is 25.7 Å². The van der Waals surface area contributed by atoms with Crippen LogP contribution < -0.4 is 0 Å². The molecule has 0 bridgehead atoms. The lowest BCUT2D eigenvalue weighted by Crippen LogP contribution is -2.39. The molecule has 4 nitrogen and oxygen atoms in total. The van der Waals surface area contributed by atoms with Crippen LogP contribution >= 0.6 is 0 Å². The highest BCUT2D eigenvalue weighted by Crippen LogP contribution is 2.51. The molecule has 2 rings (SSSR count). The standard InChI is InChI=1S/C12H14O4/c1-12(11(15)16)6-2-3-8(10(13)14)9(12)7-4-5-7/h2-3,6-7,9H,4-5H2,1H3,(H,13,14)(H,15,16). The average molecular weight is 222 g/mol. The fourth-order valence-corrected chi connectivity index (χ4v) is 2.46. The van der Waals surface area contributed by atoms with E-state index in [0.717, 1.165) is 12.8 Å². The molecule has 2 N–H and O–H groups in total. The zero-order valence-electron chi connectivity index (χ0n) is 9.01. The summed E-state index contributed by atoms with van der Waals surface area (Å²) in [6, 6.07) is 0. The smallest absolute Gasteiger partial charge is 0.331 e. The molecule has 0 radical (unpaired) electrons. The molecule has 86 valence electrons. The van der Waals surface area contributed by atoms with Gasteiger partial charge in [-0.25, -0.2) is 4.79 Å². The van der Waals surface area contributed by atoms with Crippen LogP contribution in [-0.4, -0.2) is 22.2 Å². The van der Waals surface area contributed by atoms with Crippen LogP contribution in [0.4, 0.5) is 0 Å². The van der Waals surface area contributed by atoms with Crippen LogP contribution in [0.15, 0.2) is 23.8 Å². The quantitative estimate of drug-likeness (QED) is 0.761. The van der Waals surface area contributed by atoms with Gasteiger partial charge in [0.15, 0.2) is 0 Å². The van der Waals surface area contributed by atoms with Gasteiger partial charge >= 0.3 is 11.9 Å². The monoisotopic (exact) mass is 222 g/mol. The van der Waals surface area contributed by atoms with Crippen molar-refractivity contribution in [2.24, 2.45) is 17.3 Å². The number of carbonyl (C=O) groups is 2. The van der Waals surface area contributed by atoms with Gasteiger partial charge < -0.3 is 10.2 Å². The van der Waals surface area contributed by atoms with Crippen molar-refractivity contribution in [1.29, 1.82) is 0 Å². The van der Waals surface area contributed by atoms with Crippen molar-refractivity contribution in [2.75, 3.05) is 0 Å². The van der Waals surface area contributed by atoms with Crippen LogP contribution in [0.25, 0.3) is 0 Å². The van der Waals surface area contributed by atoms with Gasteiger partial charge in [0.25, 0.3) is 0 Å². The molecule has 2 atom stereocenters. The maximum atomic E-state index is 11.3. The van der Waals surface area contributed by atoms with Crippen molar-refractivity contribution in [1.82, 2.24) is 0 Å². The van der Waals surface area contributed by atoms with Crippen LogP contribution in [-0.2, 0) is 9.59 Å². The molecule has 0 heterocycles. The maximum Gasteiger partial charge on any atom is 0.331 e. The third kappa shape index (κ3) is 1.54. The molecular weight excluding hydrogens is 208 g/mol. The van der Waals surface area contributed by atoms with Crippen molar-refractivity contribution >= 4 is 11.9 Å². The molecule has 0 aromatic carbocycles. The highest BCUT2D eigenvalue weighted by molar-refractivity contribution is 5.91. The summed E-state index contributed by atoms with van der Waals surface area (Å²) in [4.78, 5) is 22.4. The second-order valence-electron chi connectivity index (χ2n) is 4.69. The van der Waals surface area contributed by atoms with Gasteiger partial charge in [-0.3, -0.25) is 4.79 Å². The molecule has 2 aliphatic rings. The molecular formula is C12H14O4. The van der Waals surface area contributed by atoms with Gasteiger partial charge in [0.2, 0.25) is 0 Å². The van der Waals surface area contributed by atoms with Gasteiger partial charge in [0, 0.05) is 11.5 Å². The number of allylic oxidation sites excluding steroid dienone is 2. The van der Waals surface area contributed by atoms with Gasteiger partial charge in [0.1, 0.15) is 0 Å². The second kappa shape index (κ2) is 3.47. The van der Waals surface area contributed by atoms with E-state index in [1.807, 2.05) is 0 Å². The molecule has 2 aliphatic carbocycles. The Bertz CT molecular complexity index is 403. The molecule has 4 heteroatoms. The van der Waals surface area contributed by atoms with E-state index < -0.39 is 23.3 Å². The van der Waals surface area contributed by atoms with Crippen molar-refractivity contribution in [3.63, 3.8) is 0 Å². The number of hydrogen-bond acceptors (Lipinski definition) is 2. The van der Waals surface area contributed by atoms with Gasteiger partial charge in [-0.15, -0.1) is 0 Å². The van der Waals surface area contributed by atoms with Crippen LogP contribution in [0.1, 0.15) is 19.8 Å². The van der Waals surface area contributed by atoms with E-state index in [4.69, 9.17) is 5.11 Å². The zero-order valence-corrected chi connectivity index (χ0v) is 9.01. The normalized spacial score (nSPS) is 33.3. The Balaban J connectivity index is 2.42. The largest absolute Gasteiger partial charge is 0.481 e. The minimum Gasteiger partial charge on any atom is -0.481 e. The molecule has 0 aromatic heterocycles. The summed E-state index contributed by atoms with van der Waals surface area (Å²) in [5.41, 5.74) is -0.848. The highest BCUT2D eigenvalue weighted by Gasteiger charge is 2.51. The molecule has 0 spiro atoms. The summed E-state index contributed by atoms with van der Waals surface area (Å²) in [5.74, 6) is -2.15. The Kier molecular flexibility index (Phi) is 2.37. The third-order valence-electron chi connectivity index (χ3n) is 3.50. The Labute approximate surface area is 93.3 Å². The zero-order chi connectivity index (χ0) is 11.9. The summed E-state index contributed by atoms with van der Waals surface area (Å²) < 4.78 is 0. The predicted molar refractivity (Wildman–Crippen MR) is 56.8 cm³/mol. The van der Waals surface area contributed by atoms with Crippen molar-refractivity contribution in [3.8, 4) is 0 Å². The third-order valence-corrected chi connectivity index (χ3v) is 3.50. The van der Waals surface area contributed by atoms with Gasteiger partial charge in [-0.2, -0.15) is 0 Å². The van der Waals surface area contributed by atoms with Crippen molar-refractivity contribution < 1.29 is 19.8 Å². The first-order chi connectivity index (χ1) is 7.47. The number of carboxylic acids is 2. The van der Waals surface area contributed by atoms with Crippen LogP contribution in [0.2, 0.25) is 0 Å². The molecule has 16 heavy (non-hydrogen) atoms. The van der Waals surface area contributed by atoms with Crippen LogP contribution in [0.3, 0.4) is 0 Å². The first kappa shape index (κ1) is 10.9. The van der Waals surface area contributed by atoms with E-state index in [0.29, 0.717) is 0 Å². The first-order valence-corrected chi connectivity index (χ1v) is 5.33. The number of rotatable bonds is 3. The Morgan fingerprint density at radius 1 is 1.38 bits per heavy atom. The lowest BCUT2D eigenvalue weighted by molar-refractivity contribution is -0.148. The van der Waals surface area contributed by atoms with Crippen molar-refractivity contribution in [2.45, 2.75) is 19.8 Å². The SMILES string of the molecule is CC1(C(=O)O)C=CC=C(C(=O)O)C1C1CC1. The molecule has 1 saturated carbocycles. The lowest BCUT2D eigenvalue weighted by atomic mass is 9.68. The molecule has 1 fully saturated rings. The molecule has 0 saturated heterocycles. The summed E-state index contributed by atoms with van der Waals surface area (Å²) >= 11 is 0. The molecule has 0 aromatic rings. The Morgan fingerprint density at radius 2 is 2.00 bits per heavy atom. The average Bonchev–Trinajstić information content (AvgIpc) is 3.00. The fourth-order valence-electron chi connectivity index (χ4n) is 2.46. The van der Waals surface area contributed by atoms with E-state index in [1.54, 1.807) is 13.0 Å². The summed E-state index contributed by atoms with van der Waals surface area (Å²) in [7, 11) is 0. The number of hydrogen-bond donors (Lipinski definition) is 2. The van der Waals surface area contributed by atoms with Gasteiger partial charge in [-0.1, -0.05) is 18.2 Å². The van der Waals surface area contributed by atoms with Gasteiger partial charge in [0.05, 0.1) is 5.41 Å². The Morgan fingerprint density at radius 3 is 2.44 bits per heavy atom. The van der Waals surface area contributed by atoms with Crippen LogP contribution in [0, 0.1) is 17.3 Å². The number of aliphatic carboxylic acids is 2. The predicted octanol–water partition coefficient (Wildman–Crippen LogP) is 1.68. The van der Waals surface area contributed by atoms with Crippen molar-refractivity contribution in [3.05, 3.63) is 23.8 Å². The van der Waals surface area contributed by atoms with E-state index >= 15 is 0 Å². The van der Waals surface area contributed by atoms with Crippen LogP contribution in [0.5, 0.6) is 0 Å². The maximum absolute atomic E-state index is 11.3. The van der Waals surface area contributed by atoms with E-state index in [1.165, 1.54) is 12.2 Å². The molecule has 2 unspecified atom stereocenters. The number of carboxylic acid groups (broad SMARTS) is 2. The molecule has 0 amide bonds. The molecule has 0 aliphatic heterocycles. The van der Waals surface area contributed by atoms with E-state index in [-0.39, 0.29) is 11.5 Å². The second-order valence-corrected chi connectivity index (χ2v) is 4.69. The fraction of sp³-hybridized carbons (Fsp3) is 0.500. The summed E-state index contributed by atoms with van der Waals surface area (Å²) in [6.45, 7) is 1.60. The topological polar surface area (TPSA) is 74.6 Å². The lowest BCUT2D eigenvalue weighted by Gasteiger charge is -2.34. The first-order valence-electron chi connectivity index (χ1n) is 5.33.